The van der Waals surface area contributed by atoms with Crippen LogP contribution in [0, 0.1) is 5.92 Å². The lowest BCUT2D eigenvalue weighted by Crippen LogP contribution is -2.35. The maximum atomic E-state index is 3.54. The average Bonchev–Trinajstić information content (AvgIpc) is 3.10. The summed E-state index contributed by atoms with van der Waals surface area (Å²) in [4.78, 5) is 5.46. The Bertz CT molecular complexity index is 257. The summed E-state index contributed by atoms with van der Waals surface area (Å²) in [5, 5.41) is 3.54. The molecule has 3 nitrogen and oxygen atoms in total. The number of hydrogen-bond donors (Lipinski definition) is 1. The predicted octanol–water partition coefficient (Wildman–Crippen LogP) is 1.94. The second kappa shape index (κ2) is 7.05. The molecule has 1 N–H and O–H groups in total. The molecule has 0 spiro atoms. The quantitative estimate of drug-likeness (QED) is 0.819. The molecule has 0 aromatic carbocycles. The van der Waals surface area contributed by atoms with E-state index in [1.165, 1.54) is 90.8 Å². The van der Waals surface area contributed by atoms with E-state index >= 15 is 0 Å². The van der Waals surface area contributed by atoms with Crippen LogP contribution in [0.15, 0.2) is 0 Å². The molecule has 2 atom stereocenters. The smallest absolute Gasteiger partial charge is 0.0235 e. The van der Waals surface area contributed by atoms with Crippen molar-refractivity contribution >= 4 is 0 Å². The molecule has 3 aliphatic rings. The van der Waals surface area contributed by atoms with E-state index in [-0.39, 0.29) is 0 Å². The Morgan fingerprint density at radius 1 is 1.00 bits per heavy atom. The van der Waals surface area contributed by atoms with Crippen molar-refractivity contribution in [3.8, 4) is 0 Å². The van der Waals surface area contributed by atoms with Crippen molar-refractivity contribution in [1.29, 1.82) is 0 Å². The van der Waals surface area contributed by atoms with Crippen LogP contribution in [-0.4, -0.2) is 61.7 Å². The molecule has 0 radical (unpaired) electrons. The first-order valence-electron chi connectivity index (χ1n) is 8.59. The third kappa shape index (κ3) is 3.93. The number of nitrogens with zero attached hydrogens (tertiary/aromatic N) is 2. The molecule has 3 heteroatoms. The lowest BCUT2D eigenvalue weighted by Gasteiger charge is -2.25. The molecule has 19 heavy (non-hydrogen) atoms. The van der Waals surface area contributed by atoms with Gasteiger partial charge in [0.15, 0.2) is 0 Å². The van der Waals surface area contributed by atoms with E-state index in [0.29, 0.717) is 0 Å². The Labute approximate surface area is 118 Å². The van der Waals surface area contributed by atoms with E-state index in [1.807, 2.05) is 0 Å². The third-order valence-electron chi connectivity index (χ3n) is 5.39. The van der Waals surface area contributed by atoms with Crippen molar-refractivity contribution < 1.29 is 0 Å². The molecule has 3 heterocycles. The monoisotopic (exact) mass is 265 g/mol. The topological polar surface area (TPSA) is 18.5 Å². The van der Waals surface area contributed by atoms with Gasteiger partial charge in [0.05, 0.1) is 0 Å². The zero-order valence-corrected chi connectivity index (χ0v) is 12.4. The number of rotatable bonds is 5. The summed E-state index contributed by atoms with van der Waals surface area (Å²) in [6, 6.07) is 0.888. The van der Waals surface area contributed by atoms with Gasteiger partial charge in [0, 0.05) is 12.6 Å². The van der Waals surface area contributed by atoms with Gasteiger partial charge < -0.3 is 10.2 Å². The van der Waals surface area contributed by atoms with Gasteiger partial charge in [-0.25, -0.2) is 0 Å². The van der Waals surface area contributed by atoms with Crippen LogP contribution in [0.5, 0.6) is 0 Å². The average molecular weight is 265 g/mol. The Hall–Kier alpha value is -0.120. The minimum Gasteiger partial charge on any atom is -0.316 e. The van der Waals surface area contributed by atoms with Crippen LogP contribution in [0.4, 0.5) is 0 Å². The molecule has 3 rings (SSSR count). The molecular weight excluding hydrogens is 234 g/mol. The van der Waals surface area contributed by atoms with Crippen molar-refractivity contribution in [2.75, 3.05) is 45.8 Å². The van der Waals surface area contributed by atoms with E-state index < -0.39 is 0 Å². The molecule has 0 bridgehead atoms. The standard InChI is InChI=1S/C16H31N3/c1-2-11-19(10-1)16-7-12-18(14-16)9-4-6-15-5-3-8-17-13-15/h15-17H,1-14H2. The Kier molecular flexibility index (Phi) is 5.14. The second-order valence-electron chi connectivity index (χ2n) is 6.84. The molecule has 0 aliphatic carbocycles. The van der Waals surface area contributed by atoms with Gasteiger partial charge in [0.2, 0.25) is 0 Å². The Balaban J connectivity index is 1.30. The maximum absolute atomic E-state index is 3.54. The Morgan fingerprint density at radius 2 is 1.89 bits per heavy atom. The van der Waals surface area contributed by atoms with Gasteiger partial charge in [-0.2, -0.15) is 0 Å². The molecule has 2 unspecified atom stereocenters. The summed E-state index contributed by atoms with van der Waals surface area (Å²) in [7, 11) is 0. The van der Waals surface area contributed by atoms with Gasteiger partial charge >= 0.3 is 0 Å². The van der Waals surface area contributed by atoms with E-state index in [9.17, 15) is 0 Å². The fourth-order valence-electron chi connectivity index (χ4n) is 4.19. The summed E-state index contributed by atoms with van der Waals surface area (Å²) in [6.07, 6.45) is 10.0. The zero-order chi connectivity index (χ0) is 12.9. The summed E-state index contributed by atoms with van der Waals surface area (Å²) in [6.45, 7) is 9.31. The minimum atomic E-state index is 0.888. The molecular formula is C16H31N3. The highest BCUT2D eigenvalue weighted by Gasteiger charge is 2.28. The Morgan fingerprint density at radius 3 is 2.68 bits per heavy atom. The van der Waals surface area contributed by atoms with Crippen LogP contribution in [0.25, 0.3) is 0 Å². The van der Waals surface area contributed by atoms with Gasteiger partial charge in [-0.15, -0.1) is 0 Å². The fourth-order valence-corrected chi connectivity index (χ4v) is 4.19. The van der Waals surface area contributed by atoms with E-state index in [0.717, 1.165) is 12.0 Å². The minimum absolute atomic E-state index is 0.888. The van der Waals surface area contributed by atoms with Gasteiger partial charge in [-0.05, 0) is 90.1 Å². The van der Waals surface area contributed by atoms with Crippen LogP contribution in [-0.2, 0) is 0 Å². The van der Waals surface area contributed by atoms with Crippen LogP contribution in [0.1, 0.15) is 44.9 Å². The largest absolute Gasteiger partial charge is 0.316 e. The first kappa shape index (κ1) is 13.8. The molecule has 0 amide bonds. The molecule has 110 valence electrons. The molecule has 0 aromatic rings. The highest BCUT2D eigenvalue weighted by atomic mass is 15.3. The zero-order valence-electron chi connectivity index (χ0n) is 12.4. The molecule has 3 saturated heterocycles. The van der Waals surface area contributed by atoms with Crippen molar-refractivity contribution in [3.05, 3.63) is 0 Å². The molecule has 0 saturated carbocycles. The van der Waals surface area contributed by atoms with E-state index in [1.54, 1.807) is 0 Å². The number of likely N-dealkylation sites (tertiary alicyclic amines) is 2. The van der Waals surface area contributed by atoms with Crippen molar-refractivity contribution in [2.24, 2.45) is 5.92 Å². The third-order valence-corrected chi connectivity index (χ3v) is 5.39. The number of piperidine rings is 1. The second-order valence-corrected chi connectivity index (χ2v) is 6.84. The van der Waals surface area contributed by atoms with Gasteiger partial charge in [0.25, 0.3) is 0 Å². The first-order chi connectivity index (χ1) is 9.42. The van der Waals surface area contributed by atoms with E-state index in [4.69, 9.17) is 0 Å². The number of nitrogens with one attached hydrogen (secondary N) is 1. The van der Waals surface area contributed by atoms with Crippen molar-refractivity contribution in [3.63, 3.8) is 0 Å². The molecule has 3 fully saturated rings. The fraction of sp³-hybridized carbons (Fsp3) is 1.00. The van der Waals surface area contributed by atoms with Crippen LogP contribution >= 0.6 is 0 Å². The first-order valence-corrected chi connectivity index (χ1v) is 8.59. The normalized spacial score (nSPS) is 34.1. The number of hydrogen-bond acceptors (Lipinski definition) is 3. The van der Waals surface area contributed by atoms with Gasteiger partial charge in [-0.3, -0.25) is 4.90 Å². The van der Waals surface area contributed by atoms with Crippen molar-refractivity contribution in [2.45, 2.75) is 51.0 Å². The SMILES string of the molecule is C1CNCC(CCCN2CCC(N3CCCC3)C2)C1. The van der Waals surface area contributed by atoms with Crippen LogP contribution in [0.3, 0.4) is 0 Å². The lowest BCUT2D eigenvalue weighted by molar-refractivity contribution is 0.227. The predicted molar refractivity (Wildman–Crippen MR) is 80.5 cm³/mol. The van der Waals surface area contributed by atoms with Crippen molar-refractivity contribution in [1.82, 2.24) is 15.1 Å². The molecule has 3 aliphatic heterocycles. The molecule has 0 aromatic heterocycles. The highest BCUT2D eigenvalue weighted by Crippen LogP contribution is 2.21. The summed E-state index contributed by atoms with van der Waals surface area (Å²) in [5.74, 6) is 0.964. The summed E-state index contributed by atoms with van der Waals surface area (Å²) in [5.41, 5.74) is 0. The van der Waals surface area contributed by atoms with Gasteiger partial charge in [-0.1, -0.05) is 0 Å². The van der Waals surface area contributed by atoms with E-state index in [2.05, 4.69) is 15.1 Å². The van der Waals surface area contributed by atoms with Crippen LogP contribution < -0.4 is 5.32 Å². The lowest BCUT2D eigenvalue weighted by atomic mass is 9.95. The van der Waals surface area contributed by atoms with Crippen LogP contribution in [0.2, 0.25) is 0 Å². The van der Waals surface area contributed by atoms with Gasteiger partial charge in [0.1, 0.15) is 0 Å². The maximum Gasteiger partial charge on any atom is 0.0235 e. The highest BCUT2D eigenvalue weighted by molar-refractivity contribution is 4.85. The summed E-state index contributed by atoms with van der Waals surface area (Å²) < 4.78 is 0. The summed E-state index contributed by atoms with van der Waals surface area (Å²) >= 11 is 0.